The van der Waals surface area contributed by atoms with Gasteiger partial charge in [-0.15, -0.1) is 0 Å². The van der Waals surface area contributed by atoms with Gasteiger partial charge in [0, 0.05) is 52.3 Å². The van der Waals surface area contributed by atoms with Gasteiger partial charge in [-0.05, 0) is 76.1 Å². The Morgan fingerprint density at radius 2 is 1.00 bits per heavy atom. The van der Waals surface area contributed by atoms with Gasteiger partial charge in [0.1, 0.15) is 0 Å². The first-order chi connectivity index (χ1) is 22.8. The highest BCUT2D eigenvalue weighted by Gasteiger charge is 2.17. The monoisotopic (exact) mass is 588 g/mol. The van der Waals surface area contributed by atoms with Gasteiger partial charge in [0.15, 0.2) is 5.82 Å². The van der Waals surface area contributed by atoms with Crippen molar-refractivity contribution in [3.63, 3.8) is 0 Å². The topological polar surface area (TPSA) is 77.3 Å². The second-order valence-corrected chi connectivity index (χ2v) is 11.2. The third-order valence-electron chi connectivity index (χ3n) is 8.46. The summed E-state index contributed by atoms with van der Waals surface area (Å²) < 4.78 is 0. The maximum atomic E-state index is 5.21. The first-order valence-corrected chi connectivity index (χ1v) is 15.1. The number of fused-ring (bicyclic) bond motifs is 6. The number of pyridine rings is 4. The second-order valence-electron chi connectivity index (χ2n) is 11.2. The van der Waals surface area contributed by atoms with Gasteiger partial charge in [0.05, 0.1) is 33.8 Å². The minimum Gasteiger partial charge on any atom is -0.255 e. The van der Waals surface area contributed by atoms with E-state index in [2.05, 4.69) is 88.8 Å². The molecule has 0 aliphatic heterocycles. The fraction of sp³-hybridized carbons (Fsp3) is 0. The standard InChI is InChI=1S/C40H24N6/c1-2-11-28-25(9-1)21-32(30-13-4-3-12-29(28)30)36-23-37(33-22-26-10-7-19-42-38(26)39-31(33)14-8-20-43-39)46-40(45-36)27-16-17-35(44-24-27)34-15-5-6-18-41-34/h1-24H. The average Bonchev–Trinajstić information content (AvgIpc) is 3.14. The van der Waals surface area contributed by atoms with E-state index in [1.807, 2.05) is 61.1 Å². The first-order valence-electron chi connectivity index (χ1n) is 15.1. The zero-order chi connectivity index (χ0) is 30.5. The molecule has 0 radical (unpaired) electrons. The van der Waals surface area contributed by atoms with E-state index < -0.39 is 0 Å². The molecule has 5 heterocycles. The Morgan fingerprint density at radius 3 is 1.80 bits per heavy atom. The van der Waals surface area contributed by atoms with Crippen molar-refractivity contribution in [1.29, 1.82) is 0 Å². The van der Waals surface area contributed by atoms with E-state index in [-0.39, 0.29) is 0 Å². The molecule has 46 heavy (non-hydrogen) atoms. The molecule has 214 valence electrons. The molecule has 6 heteroatoms. The molecular formula is C40H24N6. The largest absolute Gasteiger partial charge is 0.255 e. The van der Waals surface area contributed by atoms with Crippen LogP contribution in [0, 0.1) is 0 Å². The maximum Gasteiger partial charge on any atom is 0.161 e. The van der Waals surface area contributed by atoms with Crippen molar-refractivity contribution >= 4 is 43.4 Å². The molecule has 0 fully saturated rings. The van der Waals surface area contributed by atoms with Crippen molar-refractivity contribution in [3.8, 4) is 45.3 Å². The van der Waals surface area contributed by atoms with Crippen LogP contribution in [0.25, 0.3) is 88.6 Å². The Balaban J connectivity index is 1.32. The molecule has 6 nitrogen and oxygen atoms in total. The van der Waals surface area contributed by atoms with Gasteiger partial charge < -0.3 is 0 Å². The SMILES string of the molecule is c1ccc(-c2ccc(-c3nc(-c4cc5ccccc5c5ccccc45)cc(-c4cc5cccnc5c5ncccc45)n3)cn2)nc1. The Hall–Kier alpha value is -6.40. The normalized spacial score (nSPS) is 11.5. The number of nitrogens with zero attached hydrogens (tertiary/aromatic N) is 6. The molecule has 0 saturated carbocycles. The molecule has 0 saturated heterocycles. The number of rotatable bonds is 4. The quantitative estimate of drug-likeness (QED) is 0.191. The molecule has 0 spiro atoms. The van der Waals surface area contributed by atoms with E-state index in [1.165, 1.54) is 10.8 Å². The van der Waals surface area contributed by atoms with Crippen LogP contribution in [-0.4, -0.2) is 29.9 Å². The smallest absolute Gasteiger partial charge is 0.161 e. The van der Waals surface area contributed by atoms with Crippen LogP contribution in [0.15, 0.2) is 146 Å². The van der Waals surface area contributed by atoms with Gasteiger partial charge in [0.25, 0.3) is 0 Å². The van der Waals surface area contributed by atoms with Crippen LogP contribution in [0.1, 0.15) is 0 Å². The van der Waals surface area contributed by atoms with Crippen LogP contribution in [0.3, 0.4) is 0 Å². The lowest BCUT2D eigenvalue weighted by atomic mass is 9.94. The van der Waals surface area contributed by atoms with Gasteiger partial charge in [-0.2, -0.15) is 0 Å². The van der Waals surface area contributed by atoms with Crippen LogP contribution in [0.4, 0.5) is 0 Å². The van der Waals surface area contributed by atoms with Crippen LogP contribution >= 0.6 is 0 Å². The van der Waals surface area contributed by atoms with E-state index in [4.69, 9.17) is 19.9 Å². The lowest BCUT2D eigenvalue weighted by Gasteiger charge is -2.14. The van der Waals surface area contributed by atoms with Crippen molar-refractivity contribution in [2.75, 3.05) is 0 Å². The highest BCUT2D eigenvalue weighted by Crippen LogP contribution is 2.38. The van der Waals surface area contributed by atoms with Crippen molar-refractivity contribution < 1.29 is 0 Å². The average molecular weight is 589 g/mol. The molecular weight excluding hydrogens is 564 g/mol. The minimum atomic E-state index is 0.591. The summed E-state index contributed by atoms with van der Waals surface area (Å²) >= 11 is 0. The summed E-state index contributed by atoms with van der Waals surface area (Å²) in [5.41, 5.74) is 7.78. The van der Waals surface area contributed by atoms with Crippen LogP contribution in [-0.2, 0) is 0 Å². The minimum absolute atomic E-state index is 0.591. The van der Waals surface area contributed by atoms with Gasteiger partial charge in [-0.1, -0.05) is 66.7 Å². The predicted molar refractivity (Wildman–Crippen MR) is 185 cm³/mol. The summed E-state index contributed by atoms with van der Waals surface area (Å²) in [5.74, 6) is 0.591. The van der Waals surface area contributed by atoms with Gasteiger partial charge in [-0.25, -0.2) is 9.97 Å². The Kier molecular flexibility index (Phi) is 6.03. The molecule has 0 unspecified atom stereocenters. The number of hydrogen-bond acceptors (Lipinski definition) is 6. The van der Waals surface area contributed by atoms with E-state index >= 15 is 0 Å². The maximum absolute atomic E-state index is 5.21. The molecule has 9 aromatic rings. The molecule has 0 amide bonds. The molecule has 4 aromatic carbocycles. The fourth-order valence-corrected chi connectivity index (χ4v) is 6.30. The molecule has 0 aliphatic rings. The molecule has 5 aromatic heterocycles. The Morgan fingerprint density at radius 1 is 0.370 bits per heavy atom. The van der Waals surface area contributed by atoms with Crippen molar-refractivity contribution in [1.82, 2.24) is 29.9 Å². The Labute approximate surface area is 264 Å². The summed E-state index contributed by atoms with van der Waals surface area (Å²) in [7, 11) is 0. The van der Waals surface area contributed by atoms with Gasteiger partial charge in [-0.3, -0.25) is 19.9 Å². The molecule has 0 atom stereocenters. The lowest BCUT2D eigenvalue weighted by molar-refractivity contribution is 1.17. The van der Waals surface area contributed by atoms with Crippen molar-refractivity contribution in [2.45, 2.75) is 0 Å². The van der Waals surface area contributed by atoms with E-state index in [9.17, 15) is 0 Å². The highest BCUT2D eigenvalue weighted by atomic mass is 14.9. The first kappa shape index (κ1) is 26.0. The van der Waals surface area contributed by atoms with Crippen molar-refractivity contribution in [2.24, 2.45) is 0 Å². The highest BCUT2D eigenvalue weighted by molar-refractivity contribution is 6.14. The summed E-state index contributed by atoms with van der Waals surface area (Å²) in [4.78, 5) is 29.0. The Bertz CT molecular complexity index is 2440. The van der Waals surface area contributed by atoms with Crippen LogP contribution in [0.5, 0.6) is 0 Å². The molecule has 9 rings (SSSR count). The summed E-state index contributed by atoms with van der Waals surface area (Å²) in [5, 5.41) is 6.68. The number of aromatic nitrogens is 6. The zero-order valence-electron chi connectivity index (χ0n) is 24.5. The third kappa shape index (κ3) is 4.35. The molecule has 0 aliphatic carbocycles. The summed E-state index contributed by atoms with van der Waals surface area (Å²) in [6, 6.07) is 41.4. The van der Waals surface area contributed by atoms with Gasteiger partial charge in [0.2, 0.25) is 0 Å². The van der Waals surface area contributed by atoms with Gasteiger partial charge >= 0.3 is 0 Å². The van der Waals surface area contributed by atoms with Crippen LogP contribution < -0.4 is 0 Å². The number of benzene rings is 4. The second kappa shape index (κ2) is 10.6. The third-order valence-corrected chi connectivity index (χ3v) is 8.46. The summed E-state index contributed by atoms with van der Waals surface area (Å²) in [6.07, 6.45) is 7.22. The fourth-order valence-electron chi connectivity index (χ4n) is 6.30. The zero-order valence-corrected chi connectivity index (χ0v) is 24.5. The predicted octanol–water partition coefficient (Wildman–Crippen LogP) is 9.34. The van der Waals surface area contributed by atoms with Crippen molar-refractivity contribution in [3.05, 3.63) is 146 Å². The van der Waals surface area contributed by atoms with E-state index in [0.717, 1.165) is 72.0 Å². The van der Waals surface area contributed by atoms with E-state index in [0.29, 0.717) is 5.82 Å². The van der Waals surface area contributed by atoms with Crippen LogP contribution in [0.2, 0.25) is 0 Å². The van der Waals surface area contributed by atoms with E-state index in [1.54, 1.807) is 6.20 Å². The molecule has 0 bridgehead atoms. The molecule has 0 N–H and O–H groups in total. The number of hydrogen-bond donors (Lipinski definition) is 0. The summed E-state index contributed by atoms with van der Waals surface area (Å²) in [6.45, 7) is 0. The lowest BCUT2D eigenvalue weighted by Crippen LogP contribution is -1.98.